The maximum atomic E-state index is 12.2. The lowest BCUT2D eigenvalue weighted by atomic mass is 10.2. The largest absolute Gasteiger partial charge is 0.433 e. The monoisotopic (exact) mass is 290 g/mol. The van der Waals surface area contributed by atoms with E-state index in [0.717, 1.165) is 5.75 Å². The third kappa shape index (κ3) is 5.44. The number of hydrogen-bond donors (Lipinski definition) is 2. The first-order valence-corrected chi connectivity index (χ1v) is 7.03. The second-order valence-corrected chi connectivity index (χ2v) is 4.74. The summed E-state index contributed by atoms with van der Waals surface area (Å²) in [7, 11) is 0. The van der Waals surface area contributed by atoms with E-state index in [4.69, 9.17) is 5.73 Å². The lowest BCUT2D eigenvalue weighted by molar-refractivity contribution is -0.117. The molecule has 0 fully saturated rings. The molecule has 7 heteroatoms. The summed E-state index contributed by atoms with van der Waals surface area (Å²) in [4.78, 5) is 11.8. The molecular formula is C12H16F2N2O2S. The van der Waals surface area contributed by atoms with Crippen LogP contribution < -0.4 is 15.8 Å². The fourth-order valence-electron chi connectivity index (χ4n) is 1.37. The highest BCUT2D eigenvalue weighted by Crippen LogP contribution is 2.25. The first-order chi connectivity index (χ1) is 9.04. The van der Waals surface area contributed by atoms with Crippen molar-refractivity contribution < 1.29 is 18.3 Å². The zero-order chi connectivity index (χ0) is 14.3. The van der Waals surface area contributed by atoms with Gasteiger partial charge in [-0.3, -0.25) is 4.79 Å². The van der Waals surface area contributed by atoms with E-state index in [0.29, 0.717) is 6.42 Å². The number of anilines is 1. The molecule has 0 aliphatic carbocycles. The van der Waals surface area contributed by atoms with Gasteiger partial charge < -0.3 is 15.8 Å². The van der Waals surface area contributed by atoms with Gasteiger partial charge in [0.15, 0.2) is 0 Å². The summed E-state index contributed by atoms with van der Waals surface area (Å²) < 4.78 is 28.7. The highest BCUT2D eigenvalue weighted by atomic mass is 32.2. The third-order valence-electron chi connectivity index (χ3n) is 2.33. The summed E-state index contributed by atoms with van der Waals surface area (Å²) in [5.74, 6) is 0.256. The van der Waals surface area contributed by atoms with E-state index in [1.165, 1.54) is 12.1 Å². The molecule has 0 radical (unpaired) electrons. The van der Waals surface area contributed by atoms with Crippen molar-refractivity contribution in [3.8, 4) is 5.75 Å². The Balaban J connectivity index is 2.68. The van der Waals surface area contributed by atoms with Gasteiger partial charge in [0.2, 0.25) is 5.91 Å². The van der Waals surface area contributed by atoms with Crippen LogP contribution in [0.15, 0.2) is 24.3 Å². The average molecular weight is 290 g/mol. The predicted molar refractivity (Wildman–Crippen MR) is 72.7 cm³/mol. The van der Waals surface area contributed by atoms with Crippen LogP contribution >= 0.6 is 11.8 Å². The van der Waals surface area contributed by atoms with Crippen LogP contribution in [-0.2, 0) is 4.79 Å². The van der Waals surface area contributed by atoms with Gasteiger partial charge in [0, 0.05) is 0 Å². The van der Waals surface area contributed by atoms with E-state index in [1.54, 1.807) is 23.9 Å². The quantitative estimate of drug-likeness (QED) is 0.809. The molecule has 1 amide bonds. The smallest absolute Gasteiger partial charge is 0.387 e. The van der Waals surface area contributed by atoms with Gasteiger partial charge in [-0.05, 0) is 30.6 Å². The van der Waals surface area contributed by atoms with E-state index in [9.17, 15) is 13.6 Å². The summed E-state index contributed by atoms with van der Waals surface area (Å²) in [5, 5.41) is 2.49. The Morgan fingerprint density at radius 2 is 2.16 bits per heavy atom. The Labute approximate surface area is 114 Å². The number of amides is 1. The number of nitrogens with two attached hydrogens (primary N) is 1. The summed E-state index contributed by atoms with van der Waals surface area (Å²) in [6.07, 6.45) is 2.43. The molecule has 0 aliphatic heterocycles. The third-order valence-corrected chi connectivity index (χ3v) is 2.97. The molecule has 19 heavy (non-hydrogen) atoms. The van der Waals surface area contributed by atoms with Gasteiger partial charge in [-0.25, -0.2) is 0 Å². The minimum Gasteiger partial charge on any atom is -0.433 e. The molecule has 0 spiro atoms. The number of hydrogen-bond acceptors (Lipinski definition) is 4. The molecule has 106 valence electrons. The average Bonchev–Trinajstić information content (AvgIpc) is 2.37. The van der Waals surface area contributed by atoms with Crippen LogP contribution in [-0.4, -0.2) is 30.6 Å². The maximum absolute atomic E-state index is 12.2. The number of nitrogens with one attached hydrogen (secondary N) is 1. The fraction of sp³-hybridized carbons (Fsp3) is 0.417. The second kappa shape index (κ2) is 7.96. The molecule has 1 atom stereocenters. The minimum absolute atomic E-state index is 0.0806. The van der Waals surface area contributed by atoms with Crippen molar-refractivity contribution in [2.75, 3.05) is 17.3 Å². The van der Waals surface area contributed by atoms with Gasteiger partial charge in [-0.15, -0.1) is 0 Å². The van der Waals surface area contributed by atoms with E-state index in [2.05, 4.69) is 10.1 Å². The molecule has 1 aromatic carbocycles. The normalized spacial score (nSPS) is 12.3. The molecule has 3 N–H and O–H groups in total. The summed E-state index contributed by atoms with van der Waals surface area (Å²) in [5.41, 5.74) is 5.88. The van der Waals surface area contributed by atoms with Crippen LogP contribution in [0, 0.1) is 0 Å². The van der Waals surface area contributed by atoms with Crippen LogP contribution in [0.4, 0.5) is 14.5 Å². The molecule has 0 aromatic heterocycles. The number of thioether (sulfide) groups is 1. The van der Waals surface area contributed by atoms with Crippen molar-refractivity contribution in [1.29, 1.82) is 0 Å². The Bertz CT molecular complexity index is 418. The number of ether oxygens (including phenoxy) is 1. The van der Waals surface area contributed by atoms with Crippen molar-refractivity contribution in [3.05, 3.63) is 24.3 Å². The predicted octanol–water partition coefficient (Wildman–Crippen LogP) is 2.31. The number of halogens is 2. The molecular weight excluding hydrogens is 274 g/mol. The Morgan fingerprint density at radius 3 is 2.79 bits per heavy atom. The Kier molecular flexibility index (Phi) is 6.58. The van der Waals surface area contributed by atoms with Crippen molar-refractivity contribution in [3.63, 3.8) is 0 Å². The van der Waals surface area contributed by atoms with Crippen LogP contribution in [0.2, 0.25) is 0 Å². The maximum Gasteiger partial charge on any atom is 0.387 e. The molecule has 1 aromatic rings. The molecule has 0 bridgehead atoms. The zero-order valence-corrected chi connectivity index (χ0v) is 11.3. The summed E-state index contributed by atoms with van der Waals surface area (Å²) >= 11 is 1.58. The van der Waals surface area contributed by atoms with Gasteiger partial charge >= 0.3 is 6.61 Å². The SMILES string of the molecule is CSCC[C@@H](N)C(=O)Nc1ccccc1OC(F)F. The Morgan fingerprint density at radius 1 is 1.47 bits per heavy atom. The van der Waals surface area contributed by atoms with Crippen molar-refractivity contribution >= 4 is 23.4 Å². The van der Waals surface area contributed by atoms with Crippen molar-refractivity contribution in [2.45, 2.75) is 19.1 Å². The van der Waals surface area contributed by atoms with Crippen molar-refractivity contribution in [2.24, 2.45) is 5.73 Å². The molecule has 1 rings (SSSR count). The number of para-hydroxylation sites is 2. The van der Waals surface area contributed by atoms with E-state index in [-0.39, 0.29) is 11.4 Å². The van der Waals surface area contributed by atoms with Gasteiger partial charge in [0.1, 0.15) is 5.75 Å². The topological polar surface area (TPSA) is 64.4 Å². The van der Waals surface area contributed by atoms with Crippen LogP contribution in [0.1, 0.15) is 6.42 Å². The number of rotatable bonds is 7. The van der Waals surface area contributed by atoms with E-state index < -0.39 is 18.6 Å². The fourth-order valence-corrected chi connectivity index (χ4v) is 1.86. The summed E-state index contributed by atoms with van der Waals surface area (Å²) in [6, 6.07) is 5.32. The van der Waals surface area contributed by atoms with Gasteiger partial charge in [0.05, 0.1) is 11.7 Å². The van der Waals surface area contributed by atoms with E-state index >= 15 is 0 Å². The van der Waals surface area contributed by atoms with Crippen molar-refractivity contribution in [1.82, 2.24) is 0 Å². The van der Waals surface area contributed by atoms with Gasteiger partial charge in [-0.2, -0.15) is 20.5 Å². The Hall–Kier alpha value is -1.34. The minimum atomic E-state index is -2.94. The number of carbonyl (C=O) groups is 1. The van der Waals surface area contributed by atoms with E-state index in [1.807, 2.05) is 6.26 Å². The number of benzene rings is 1. The lowest BCUT2D eigenvalue weighted by Crippen LogP contribution is -2.36. The molecule has 0 heterocycles. The molecule has 4 nitrogen and oxygen atoms in total. The number of carbonyl (C=O) groups excluding carboxylic acids is 1. The zero-order valence-electron chi connectivity index (χ0n) is 10.4. The molecule has 0 aliphatic rings. The highest BCUT2D eigenvalue weighted by molar-refractivity contribution is 7.98. The lowest BCUT2D eigenvalue weighted by Gasteiger charge is -2.14. The highest BCUT2D eigenvalue weighted by Gasteiger charge is 2.16. The second-order valence-electron chi connectivity index (χ2n) is 3.75. The van der Waals surface area contributed by atoms with Gasteiger partial charge in [-0.1, -0.05) is 12.1 Å². The summed E-state index contributed by atoms with van der Waals surface area (Å²) in [6.45, 7) is -2.94. The van der Waals surface area contributed by atoms with Crippen LogP contribution in [0.3, 0.4) is 0 Å². The first kappa shape index (κ1) is 15.7. The number of alkyl halides is 2. The first-order valence-electron chi connectivity index (χ1n) is 5.63. The van der Waals surface area contributed by atoms with Gasteiger partial charge in [0.25, 0.3) is 0 Å². The van der Waals surface area contributed by atoms with Crippen LogP contribution in [0.5, 0.6) is 5.75 Å². The van der Waals surface area contributed by atoms with Crippen LogP contribution in [0.25, 0.3) is 0 Å². The molecule has 0 saturated carbocycles. The molecule has 0 saturated heterocycles. The molecule has 0 unspecified atom stereocenters. The standard InChI is InChI=1S/C12H16F2N2O2S/c1-19-7-6-8(15)11(17)16-9-4-2-3-5-10(9)18-12(13)14/h2-5,8,12H,6-7,15H2,1H3,(H,16,17)/t8-/m1/s1.